The van der Waals surface area contributed by atoms with Gasteiger partial charge in [-0.1, -0.05) is 73.1 Å². The van der Waals surface area contributed by atoms with Crippen LogP contribution in [-0.4, -0.2) is 33.0 Å². The van der Waals surface area contributed by atoms with Crippen LogP contribution in [0.2, 0.25) is 0 Å². The third-order valence-corrected chi connectivity index (χ3v) is 5.60. The van der Waals surface area contributed by atoms with Crippen molar-refractivity contribution in [1.29, 1.82) is 0 Å². The van der Waals surface area contributed by atoms with Crippen molar-refractivity contribution in [3.63, 3.8) is 0 Å². The zero-order valence-corrected chi connectivity index (χ0v) is 17.9. The molecule has 0 spiro atoms. The summed E-state index contributed by atoms with van der Waals surface area (Å²) in [5.41, 5.74) is 3.29. The minimum absolute atomic E-state index is 0.129. The van der Waals surface area contributed by atoms with Crippen LogP contribution in [0.25, 0.3) is 17.1 Å². The maximum atomic E-state index is 11.9. The minimum Gasteiger partial charge on any atom is -0.356 e. The van der Waals surface area contributed by atoms with Crippen molar-refractivity contribution in [2.75, 3.05) is 12.3 Å². The second kappa shape index (κ2) is 10.8. The molecular weight excluding hydrogens is 380 g/mol. The van der Waals surface area contributed by atoms with Gasteiger partial charge in [0.25, 0.3) is 0 Å². The summed E-state index contributed by atoms with van der Waals surface area (Å²) in [5.74, 6) is 1.78. The average molecular weight is 409 g/mol. The van der Waals surface area contributed by atoms with Crippen LogP contribution < -0.4 is 5.32 Å². The summed E-state index contributed by atoms with van der Waals surface area (Å²) < 4.78 is 2.10. The Kier molecular flexibility index (Phi) is 7.87. The van der Waals surface area contributed by atoms with E-state index in [1.54, 1.807) is 11.8 Å². The standard InChI is InChI=1S/C23H28N4OS/c1-3-4-16-24-21(28)11-8-17-29-23-26-25-22(19-9-6-5-7-10-19)27(23)20-14-12-18(2)13-15-20/h5-7,9-10,12-15H,3-4,8,11,16-17H2,1-2H3,(H,24,28). The summed E-state index contributed by atoms with van der Waals surface area (Å²) in [5, 5.41) is 12.7. The molecule has 152 valence electrons. The van der Waals surface area contributed by atoms with Gasteiger partial charge >= 0.3 is 0 Å². The molecule has 0 aliphatic heterocycles. The summed E-state index contributed by atoms with van der Waals surface area (Å²) in [6.45, 7) is 4.97. The van der Waals surface area contributed by atoms with E-state index in [1.807, 2.05) is 30.3 Å². The van der Waals surface area contributed by atoms with Gasteiger partial charge in [0.15, 0.2) is 11.0 Å². The molecule has 3 rings (SSSR count). The zero-order valence-electron chi connectivity index (χ0n) is 17.1. The molecule has 0 saturated carbocycles. The fourth-order valence-corrected chi connectivity index (χ4v) is 3.84. The van der Waals surface area contributed by atoms with E-state index in [1.165, 1.54) is 5.56 Å². The van der Waals surface area contributed by atoms with Crippen LogP contribution in [0.1, 0.15) is 38.2 Å². The van der Waals surface area contributed by atoms with Gasteiger partial charge in [0.2, 0.25) is 5.91 Å². The van der Waals surface area contributed by atoms with Crippen molar-refractivity contribution in [2.45, 2.75) is 44.7 Å². The fourth-order valence-electron chi connectivity index (χ4n) is 2.95. The summed E-state index contributed by atoms with van der Waals surface area (Å²) in [6.07, 6.45) is 3.47. The lowest BCUT2D eigenvalue weighted by molar-refractivity contribution is -0.121. The smallest absolute Gasteiger partial charge is 0.220 e. The van der Waals surface area contributed by atoms with E-state index in [0.29, 0.717) is 6.42 Å². The topological polar surface area (TPSA) is 59.8 Å². The number of thioether (sulfide) groups is 1. The first-order valence-electron chi connectivity index (χ1n) is 10.2. The molecule has 0 atom stereocenters. The van der Waals surface area contributed by atoms with E-state index in [9.17, 15) is 4.79 Å². The second-order valence-electron chi connectivity index (χ2n) is 7.00. The van der Waals surface area contributed by atoms with E-state index in [-0.39, 0.29) is 5.91 Å². The van der Waals surface area contributed by atoms with Gasteiger partial charge in [-0.05, 0) is 31.9 Å². The van der Waals surface area contributed by atoms with Crippen molar-refractivity contribution in [3.05, 3.63) is 60.2 Å². The highest BCUT2D eigenvalue weighted by molar-refractivity contribution is 7.99. The van der Waals surface area contributed by atoms with Gasteiger partial charge < -0.3 is 5.32 Å². The molecule has 5 nitrogen and oxygen atoms in total. The first kappa shape index (κ1) is 21.1. The third-order valence-electron chi connectivity index (χ3n) is 4.59. The maximum absolute atomic E-state index is 11.9. The maximum Gasteiger partial charge on any atom is 0.220 e. The Hall–Kier alpha value is -2.60. The Balaban J connectivity index is 1.71. The number of amides is 1. The molecule has 0 aliphatic rings. The molecule has 1 N–H and O–H groups in total. The van der Waals surface area contributed by atoms with Gasteiger partial charge in [0, 0.05) is 30.0 Å². The second-order valence-corrected chi connectivity index (χ2v) is 8.06. The molecule has 3 aromatic rings. The van der Waals surface area contributed by atoms with Crippen molar-refractivity contribution in [1.82, 2.24) is 20.1 Å². The first-order valence-corrected chi connectivity index (χ1v) is 11.1. The number of carbonyl (C=O) groups is 1. The molecule has 0 fully saturated rings. The highest BCUT2D eigenvalue weighted by atomic mass is 32.2. The van der Waals surface area contributed by atoms with Crippen LogP contribution >= 0.6 is 11.8 Å². The Bertz CT molecular complexity index is 906. The van der Waals surface area contributed by atoms with Crippen LogP contribution in [0.15, 0.2) is 59.8 Å². The number of unbranched alkanes of at least 4 members (excludes halogenated alkanes) is 1. The number of nitrogens with one attached hydrogen (secondary N) is 1. The molecule has 29 heavy (non-hydrogen) atoms. The number of benzene rings is 2. The summed E-state index contributed by atoms with van der Waals surface area (Å²) in [4.78, 5) is 11.9. The van der Waals surface area contributed by atoms with Gasteiger partial charge in [0.05, 0.1) is 0 Å². The van der Waals surface area contributed by atoms with Crippen molar-refractivity contribution in [3.8, 4) is 17.1 Å². The quantitative estimate of drug-likeness (QED) is 0.377. The SMILES string of the molecule is CCCCNC(=O)CCCSc1nnc(-c2ccccc2)n1-c1ccc(C)cc1. The van der Waals surface area contributed by atoms with Crippen LogP contribution in [0.3, 0.4) is 0 Å². The van der Waals surface area contributed by atoms with Crippen molar-refractivity contribution < 1.29 is 4.79 Å². The van der Waals surface area contributed by atoms with Gasteiger partial charge in [-0.15, -0.1) is 10.2 Å². The summed E-state index contributed by atoms with van der Waals surface area (Å²) in [7, 11) is 0. The molecule has 0 saturated heterocycles. The van der Waals surface area contributed by atoms with Crippen LogP contribution in [0, 0.1) is 6.92 Å². The highest BCUT2D eigenvalue weighted by Crippen LogP contribution is 2.28. The van der Waals surface area contributed by atoms with Crippen molar-refractivity contribution in [2.24, 2.45) is 0 Å². The van der Waals surface area contributed by atoms with E-state index < -0.39 is 0 Å². The molecule has 1 aromatic heterocycles. The lowest BCUT2D eigenvalue weighted by Gasteiger charge is -2.11. The molecule has 2 aromatic carbocycles. The van der Waals surface area contributed by atoms with Crippen LogP contribution in [0.5, 0.6) is 0 Å². The van der Waals surface area contributed by atoms with Gasteiger partial charge in [-0.2, -0.15) is 0 Å². The molecule has 0 bridgehead atoms. The number of hydrogen-bond acceptors (Lipinski definition) is 4. The molecule has 0 radical (unpaired) electrons. The van der Waals surface area contributed by atoms with E-state index in [0.717, 1.165) is 53.8 Å². The zero-order chi connectivity index (χ0) is 20.5. The molecule has 1 heterocycles. The van der Waals surface area contributed by atoms with E-state index in [4.69, 9.17) is 0 Å². The number of aryl methyl sites for hydroxylation is 1. The van der Waals surface area contributed by atoms with E-state index in [2.05, 4.69) is 58.2 Å². The third kappa shape index (κ3) is 5.94. The summed E-state index contributed by atoms with van der Waals surface area (Å²) >= 11 is 1.64. The lowest BCUT2D eigenvalue weighted by Crippen LogP contribution is -2.24. The predicted octanol–water partition coefficient (Wildman–Crippen LogP) is 5.03. The fraction of sp³-hybridized carbons (Fsp3) is 0.348. The average Bonchev–Trinajstić information content (AvgIpc) is 3.16. The van der Waals surface area contributed by atoms with Gasteiger partial charge in [-0.3, -0.25) is 9.36 Å². The largest absolute Gasteiger partial charge is 0.356 e. The monoisotopic (exact) mass is 408 g/mol. The van der Waals surface area contributed by atoms with E-state index >= 15 is 0 Å². The molecule has 1 amide bonds. The molecule has 6 heteroatoms. The Labute approximate surface area is 176 Å². The normalized spacial score (nSPS) is 10.8. The number of hydrogen-bond donors (Lipinski definition) is 1. The lowest BCUT2D eigenvalue weighted by atomic mass is 10.2. The van der Waals surface area contributed by atoms with Gasteiger partial charge in [0.1, 0.15) is 0 Å². The number of carbonyl (C=O) groups excluding carboxylic acids is 1. The predicted molar refractivity (Wildman–Crippen MR) is 119 cm³/mol. The number of nitrogens with zero attached hydrogens (tertiary/aromatic N) is 3. The summed E-state index contributed by atoms with van der Waals surface area (Å²) in [6, 6.07) is 18.5. The minimum atomic E-state index is 0.129. The first-order chi connectivity index (χ1) is 14.2. The Morgan fingerprint density at radius 3 is 2.52 bits per heavy atom. The Morgan fingerprint density at radius 1 is 1.03 bits per heavy atom. The highest BCUT2D eigenvalue weighted by Gasteiger charge is 2.16. The number of rotatable bonds is 10. The molecule has 0 aliphatic carbocycles. The number of aromatic nitrogens is 3. The van der Waals surface area contributed by atoms with Crippen LogP contribution in [0.4, 0.5) is 0 Å². The Morgan fingerprint density at radius 2 is 1.79 bits per heavy atom. The van der Waals surface area contributed by atoms with Gasteiger partial charge in [-0.25, -0.2) is 0 Å². The van der Waals surface area contributed by atoms with Crippen molar-refractivity contribution >= 4 is 17.7 Å². The van der Waals surface area contributed by atoms with Crippen LogP contribution in [-0.2, 0) is 4.79 Å². The molecular formula is C23H28N4OS. The molecule has 0 unspecified atom stereocenters.